The fourth-order valence-electron chi connectivity index (χ4n) is 3.03. The third-order valence-electron chi connectivity index (χ3n) is 4.44. The zero-order chi connectivity index (χ0) is 17.9. The van der Waals surface area contributed by atoms with Gasteiger partial charge in [-0.2, -0.15) is 5.10 Å². The molecule has 3 heterocycles. The van der Waals surface area contributed by atoms with E-state index in [4.69, 9.17) is 0 Å². The molecular formula is C18H19N5O2S. The zero-order valence-corrected chi connectivity index (χ0v) is 14.9. The molecule has 8 heteroatoms. The minimum absolute atomic E-state index is 0.232. The molecule has 3 aromatic rings. The molecule has 0 unspecified atom stereocenters. The highest BCUT2D eigenvalue weighted by molar-refractivity contribution is 7.13. The SMILES string of the molecule is O=C(Nc1ccccc1N1CCC(O)CC1)c1csc(-c2cn[nH]c2)n1. The van der Waals surface area contributed by atoms with Gasteiger partial charge in [0.1, 0.15) is 10.7 Å². The average Bonchev–Trinajstić information content (AvgIpc) is 3.34. The molecule has 1 amide bonds. The van der Waals surface area contributed by atoms with Crippen LogP contribution in [0.1, 0.15) is 23.3 Å². The number of carbonyl (C=O) groups excluding carboxylic acids is 1. The number of nitrogens with one attached hydrogen (secondary N) is 2. The Morgan fingerprint density at radius 2 is 2.12 bits per heavy atom. The lowest BCUT2D eigenvalue weighted by Gasteiger charge is -2.32. The molecule has 0 atom stereocenters. The van der Waals surface area contributed by atoms with Crippen LogP contribution in [-0.4, -0.2) is 45.4 Å². The fraction of sp³-hybridized carbons (Fsp3) is 0.278. The van der Waals surface area contributed by atoms with E-state index in [1.807, 2.05) is 24.3 Å². The Kier molecular flexibility index (Phi) is 4.68. The minimum atomic E-state index is -0.236. The van der Waals surface area contributed by atoms with E-state index in [0.29, 0.717) is 5.69 Å². The topological polar surface area (TPSA) is 94.1 Å². The van der Waals surface area contributed by atoms with Crippen molar-refractivity contribution in [1.29, 1.82) is 0 Å². The summed E-state index contributed by atoms with van der Waals surface area (Å²) in [6.45, 7) is 1.55. The Morgan fingerprint density at radius 1 is 1.31 bits per heavy atom. The summed E-state index contributed by atoms with van der Waals surface area (Å²) < 4.78 is 0. The number of hydrogen-bond acceptors (Lipinski definition) is 6. The summed E-state index contributed by atoms with van der Waals surface area (Å²) in [5.41, 5.74) is 2.97. The van der Waals surface area contributed by atoms with E-state index < -0.39 is 0 Å². The van der Waals surface area contributed by atoms with Crippen molar-refractivity contribution in [2.75, 3.05) is 23.3 Å². The number of hydrogen-bond donors (Lipinski definition) is 3. The number of rotatable bonds is 4. The molecule has 1 aliphatic heterocycles. The second-order valence-corrected chi connectivity index (χ2v) is 7.07. The van der Waals surface area contributed by atoms with Crippen LogP contribution in [0.3, 0.4) is 0 Å². The lowest BCUT2D eigenvalue weighted by atomic mass is 10.1. The van der Waals surface area contributed by atoms with Crippen LogP contribution in [0.5, 0.6) is 0 Å². The highest BCUT2D eigenvalue weighted by atomic mass is 32.1. The Hall–Kier alpha value is -2.71. The van der Waals surface area contributed by atoms with Crippen LogP contribution in [0.4, 0.5) is 11.4 Å². The van der Waals surface area contributed by atoms with E-state index in [9.17, 15) is 9.90 Å². The predicted octanol–water partition coefficient (Wildman–Crippen LogP) is 2.75. The van der Waals surface area contributed by atoms with Crippen LogP contribution in [0.2, 0.25) is 0 Å². The Balaban J connectivity index is 1.51. The van der Waals surface area contributed by atoms with Gasteiger partial charge in [0.25, 0.3) is 5.91 Å². The van der Waals surface area contributed by atoms with Crippen LogP contribution in [0, 0.1) is 0 Å². The highest BCUT2D eigenvalue weighted by Gasteiger charge is 2.20. The third kappa shape index (κ3) is 3.47. The second kappa shape index (κ2) is 7.27. The van der Waals surface area contributed by atoms with Crippen LogP contribution in [0.15, 0.2) is 42.0 Å². The fourth-order valence-corrected chi connectivity index (χ4v) is 3.81. The van der Waals surface area contributed by atoms with E-state index in [-0.39, 0.29) is 12.0 Å². The smallest absolute Gasteiger partial charge is 0.275 e. The maximum atomic E-state index is 12.6. The van der Waals surface area contributed by atoms with Gasteiger partial charge in [0.15, 0.2) is 0 Å². The molecule has 0 spiro atoms. The van der Waals surface area contributed by atoms with Crippen LogP contribution < -0.4 is 10.2 Å². The molecule has 7 nitrogen and oxygen atoms in total. The molecule has 0 radical (unpaired) electrons. The monoisotopic (exact) mass is 369 g/mol. The van der Waals surface area contributed by atoms with E-state index in [1.165, 1.54) is 11.3 Å². The number of anilines is 2. The molecule has 1 aliphatic rings. The third-order valence-corrected chi connectivity index (χ3v) is 5.33. The molecule has 1 aromatic carbocycles. The lowest BCUT2D eigenvalue weighted by Crippen LogP contribution is -2.36. The largest absolute Gasteiger partial charge is 0.393 e. The van der Waals surface area contributed by atoms with Crippen LogP contribution >= 0.6 is 11.3 Å². The van der Waals surface area contributed by atoms with Gasteiger partial charge >= 0.3 is 0 Å². The van der Waals surface area contributed by atoms with Gasteiger partial charge in [-0.05, 0) is 25.0 Å². The maximum Gasteiger partial charge on any atom is 0.275 e. The van der Waals surface area contributed by atoms with Gasteiger partial charge in [-0.25, -0.2) is 4.98 Å². The van der Waals surface area contributed by atoms with Crippen LogP contribution in [0.25, 0.3) is 10.6 Å². The summed E-state index contributed by atoms with van der Waals surface area (Å²) in [5, 5.41) is 21.8. The number of benzene rings is 1. The van der Waals surface area contributed by atoms with Crippen molar-refractivity contribution in [3.05, 3.63) is 47.7 Å². The number of carbonyl (C=O) groups is 1. The van der Waals surface area contributed by atoms with Crippen molar-refractivity contribution >= 4 is 28.6 Å². The first kappa shape index (κ1) is 16.7. The molecular weight excluding hydrogens is 350 g/mol. The first-order valence-corrected chi connectivity index (χ1v) is 9.37. The van der Waals surface area contributed by atoms with Crippen molar-refractivity contribution in [1.82, 2.24) is 15.2 Å². The Morgan fingerprint density at radius 3 is 2.88 bits per heavy atom. The van der Waals surface area contributed by atoms with Gasteiger partial charge < -0.3 is 15.3 Å². The first-order valence-electron chi connectivity index (χ1n) is 8.49. The number of para-hydroxylation sites is 2. The summed E-state index contributed by atoms with van der Waals surface area (Å²) in [7, 11) is 0. The highest BCUT2D eigenvalue weighted by Crippen LogP contribution is 2.29. The summed E-state index contributed by atoms with van der Waals surface area (Å²) in [5.74, 6) is -0.236. The number of nitrogens with zero attached hydrogens (tertiary/aromatic N) is 3. The number of amides is 1. The second-order valence-electron chi connectivity index (χ2n) is 6.21. The average molecular weight is 369 g/mol. The molecule has 1 saturated heterocycles. The molecule has 1 fully saturated rings. The number of aromatic amines is 1. The Labute approximate surface area is 154 Å². The van der Waals surface area contributed by atoms with Crippen molar-refractivity contribution in [2.24, 2.45) is 0 Å². The number of thiazole rings is 1. The Bertz CT molecular complexity index is 885. The van der Waals surface area contributed by atoms with E-state index in [0.717, 1.165) is 47.9 Å². The quantitative estimate of drug-likeness (QED) is 0.657. The minimum Gasteiger partial charge on any atom is -0.393 e. The van der Waals surface area contributed by atoms with Crippen molar-refractivity contribution < 1.29 is 9.90 Å². The standard InChI is InChI=1S/C18H19N5O2S/c24-13-5-7-23(8-6-13)16-4-2-1-3-14(16)21-17(25)15-11-26-18(22-15)12-9-19-20-10-12/h1-4,9-11,13,24H,5-8H2,(H,19,20)(H,21,25). The van der Waals surface area contributed by atoms with Crippen molar-refractivity contribution in [2.45, 2.75) is 18.9 Å². The first-order chi connectivity index (χ1) is 12.7. The number of H-pyrrole nitrogens is 1. The number of aromatic nitrogens is 3. The number of piperidine rings is 1. The molecule has 0 aliphatic carbocycles. The van der Waals surface area contributed by atoms with Gasteiger partial charge in [0.2, 0.25) is 0 Å². The van der Waals surface area contributed by atoms with Crippen molar-refractivity contribution in [3.8, 4) is 10.6 Å². The molecule has 4 rings (SSSR count). The van der Waals surface area contributed by atoms with Gasteiger partial charge in [-0.1, -0.05) is 12.1 Å². The molecule has 3 N–H and O–H groups in total. The van der Waals surface area contributed by atoms with E-state index >= 15 is 0 Å². The molecule has 2 aromatic heterocycles. The lowest BCUT2D eigenvalue weighted by molar-refractivity contribution is 0.102. The summed E-state index contributed by atoms with van der Waals surface area (Å²) in [6.07, 6.45) is 4.68. The molecule has 26 heavy (non-hydrogen) atoms. The van der Waals surface area contributed by atoms with Gasteiger partial charge in [-0.3, -0.25) is 9.89 Å². The molecule has 0 bridgehead atoms. The predicted molar refractivity (Wildman–Crippen MR) is 102 cm³/mol. The summed E-state index contributed by atoms with van der Waals surface area (Å²) in [6, 6.07) is 7.73. The van der Waals surface area contributed by atoms with E-state index in [2.05, 4.69) is 25.4 Å². The number of aliphatic hydroxyl groups excluding tert-OH is 1. The summed E-state index contributed by atoms with van der Waals surface area (Å²) >= 11 is 1.41. The summed E-state index contributed by atoms with van der Waals surface area (Å²) in [4.78, 5) is 19.2. The zero-order valence-electron chi connectivity index (χ0n) is 14.1. The normalized spacial score (nSPS) is 15.2. The van der Waals surface area contributed by atoms with Crippen LogP contribution in [-0.2, 0) is 0 Å². The van der Waals surface area contributed by atoms with Crippen molar-refractivity contribution in [3.63, 3.8) is 0 Å². The molecule has 0 saturated carbocycles. The van der Waals surface area contributed by atoms with E-state index in [1.54, 1.807) is 17.8 Å². The van der Waals surface area contributed by atoms with Gasteiger partial charge in [0.05, 0.1) is 23.7 Å². The number of aliphatic hydroxyl groups is 1. The maximum absolute atomic E-state index is 12.6. The van der Waals surface area contributed by atoms with Gasteiger partial charge in [0, 0.05) is 30.2 Å². The van der Waals surface area contributed by atoms with Gasteiger partial charge in [-0.15, -0.1) is 11.3 Å². The molecule has 134 valence electrons.